The van der Waals surface area contributed by atoms with Gasteiger partial charge in [0.25, 0.3) is 0 Å². The van der Waals surface area contributed by atoms with Crippen molar-refractivity contribution in [3.05, 3.63) is 0 Å². The summed E-state index contributed by atoms with van der Waals surface area (Å²) in [7, 11) is -5.64. The molecule has 0 aromatic heterocycles. The fourth-order valence-corrected chi connectivity index (χ4v) is 1.13. The number of ether oxygens (including phenoxy) is 1. The van der Waals surface area contributed by atoms with Gasteiger partial charge in [0.1, 0.15) is 5.60 Å². The minimum Gasteiger partial charge on any atom is -0.460 e. The van der Waals surface area contributed by atoms with Gasteiger partial charge in [0, 0.05) is 0 Å². The van der Waals surface area contributed by atoms with Crippen LogP contribution in [-0.4, -0.2) is 32.1 Å². The number of hydrogen-bond donors (Lipinski definition) is 0. The van der Waals surface area contributed by atoms with Crippen molar-refractivity contribution < 1.29 is 35.3 Å². The Labute approximate surface area is 97.0 Å². The molecule has 0 spiro atoms. The van der Waals surface area contributed by atoms with Crippen LogP contribution in [0.1, 0.15) is 27.2 Å². The SMILES string of the molecule is CC(C)(C)OC(=O)CCOS(=O)(=O)C(F)(F)F. The van der Waals surface area contributed by atoms with E-state index in [9.17, 15) is 26.4 Å². The topological polar surface area (TPSA) is 69.7 Å². The van der Waals surface area contributed by atoms with E-state index in [1.54, 1.807) is 20.8 Å². The molecule has 0 aliphatic rings. The summed E-state index contributed by atoms with van der Waals surface area (Å²) in [4.78, 5) is 11.0. The van der Waals surface area contributed by atoms with Crippen molar-refractivity contribution in [2.45, 2.75) is 38.3 Å². The van der Waals surface area contributed by atoms with Gasteiger partial charge >= 0.3 is 21.6 Å². The number of halogens is 3. The van der Waals surface area contributed by atoms with E-state index in [-0.39, 0.29) is 0 Å². The van der Waals surface area contributed by atoms with Crippen molar-refractivity contribution in [2.75, 3.05) is 6.61 Å². The molecular weight excluding hydrogens is 265 g/mol. The molecular formula is C8H13F3O5S. The fourth-order valence-electron chi connectivity index (χ4n) is 0.694. The summed E-state index contributed by atoms with van der Waals surface area (Å²) in [5.41, 5.74) is -6.28. The first kappa shape index (κ1) is 16.2. The molecule has 0 aliphatic carbocycles. The van der Waals surface area contributed by atoms with Gasteiger partial charge < -0.3 is 4.74 Å². The van der Waals surface area contributed by atoms with Crippen LogP contribution < -0.4 is 0 Å². The summed E-state index contributed by atoms with van der Waals surface area (Å²) in [5, 5.41) is 0. The monoisotopic (exact) mass is 278 g/mol. The summed E-state index contributed by atoms with van der Waals surface area (Å²) in [6, 6.07) is 0. The van der Waals surface area contributed by atoms with Gasteiger partial charge in [-0.25, -0.2) is 0 Å². The number of rotatable bonds is 4. The average Bonchev–Trinajstić information content (AvgIpc) is 1.97. The quantitative estimate of drug-likeness (QED) is 0.443. The van der Waals surface area contributed by atoms with Crippen molar-refractivity contribution in [3.8, 4) is 0 Å². The molecule has 0 radical (unpaired) electrons. The summed E-state index contributed by atoms with van der Waals surface area (Å²) in [6.07, 6.45) is -0.577. The number of alkyl halides is 3. The summed E-state index contributed by atoms with van der Waals surface area (Å²) < 4.78 is 64.6. The van der Waals surface area contributed by atoms with Crippen LogP contribution in [0.5, 0.6) is 0 Å². The largest absolute Gasteiger partial charge is 0.523 e. The van der Waals surface area contributed by atoms with Crippen LogP contribution in [0.2, 0.25) is 0 Å². The predicted molar refractivity (Wildman–Crippen MR) is 51.4 cm³/mol. The lowest BCUT2D eigenvalue weighted by molar-refractivity contribution is -0.155. The zero-order chi connectivity index (χ0) is 13.9. The molecule has 0 aromatic carbocycles. The minimum absolute atomic E-state index is 0.577. The molecule has 0 saturated carbocycles. The Hall–Kier alpha value is -0.830. The molecule has 0 bridgehead atoms. The van der Waals surface area contributed by atoms with E-state index in [1.165, 1.54) is 0 Å². The molecule has 0 N–H and O–H groups in total. The normalized spacial score (nSPS) is 13.5. The molecule has 0 aliphatic heterocycles. The first-order valence-corrected chi connectivity index (χ1v) is 5.93. The second-order valence-electron chi connectivity index (χ2n) is 4.06. The van der Waals surface area contributed by atoms with Gasteiger partial charge in [-0.3, -0.25) is 8.98 Å². The molecule has 17 heavy (non-hydrogen) atoms. The first-order chi connectivity index (χ1) is 7.35. The van der Waals surface area contributed by atoms with Crippen LogP contribution in [0.25, 0.3) is 0 Å². The standard InChI is InChI=1S/C8H13F3O5S/c1-7(2,3)16-6(12)4-5-15-17(13,14)8(9,10)11/h4-5H2,1-3H3. The molecule has 0 heterocycles. The van der Waals surface area contributed by atoms with Crippen LogP contribution in [-0.2, 0) is 23.8 Å². The number of esters is 1. The van der Waals surface area contributed by atoms with Crippen LogP contribution >= 0.6 is 0 Å². The minimum atomic E-state index is -5.64. The summed E-state index contributed by atoms with van der Waals surface area (Å²) in [5.74, 6) is -0.838. The van der Waals surface area contributed by atoms with Gasteiger partial charge in [-0.15, -0.1) is 0 Å². The number of carbonyl (C=O) groups is 1. The fraction of sp³-hybridized carbons (Fsp3) is 0.875. The third-order valence-corrected chi connectivity index (χ3v) is 2.29. The van der Waals surface area contributed by atoms with Crippen molar-refractivity contribution in [1.82, 2.24) is 0 Å². The number of carbonyl (C=O) groups excluding carboxylic acids is 1. The Bertz CT molecular complexity index is 366. The van der Waals surface area contributed by atoms with E-state index in [0.717, 1.165) is 0 Å². The van der Waals surface area contributed by atoms with Crippen LogP contribution in [0, 0.1) is 0 Å². The zero-order valence-electron chi connectivity index (χ0n) is 9.50. The Morgan fingerprint density at radius 2 is 1.65 bits per heavy atom. The summed E-state index contributed by atoms with van der Waals surface area (Å²) in [6.45, 7) is 3.80. The molecule has 102 valence electrons. The third kappa shape index (κ3) is 6.47. The van der Waals surface area contributed by atoms with E-state index in [1.807, 2.05) is 0 Å². The molecule has 0 atom stereocenters. The van der Waals surface area contributed by atoms with Gasteiger partial charge in [-0.05, 0) is 20.8 Å². The first-order valence-electron chi connectivity index (χ1n) is 4.53. The van der Waals surface area contributed by atoms with Gasteiger partial charge in [0.15, 0.2) is 0 Å². The van der Waals surface area contributed by atoms with Crippen LogP contribution in [0.15, 0.2) is 0 Å². The van der Waals surface area contributed by atoms with E-state index in [2.05, 4.69) is 4.18 Å². The molecule has 0 amide bonds. The van der Waals surface area contributed by atoms with Crippen LogP contribution in [0.4, 0.5) is 13.2 Å². The molecule has 0 rings (SSSR count). The van der Waals surface area contributed by atoms with Crippen molar-refractivity contribution in [1.29, 1.82) is 0 Å². The highest BCUT2D eigenvalue weighted by Gasteiger charge is 2.47. The molecule has 9 heteroatoms. The molecule has 0 aromatic rings. The summed E-state index contributed by atoms with van der Waals surface area (Å²) >= 11 is 0. The van der Waals surface area contributed by atoms with Crippen molar-refractivity contribution in [2.24, 2.45) is 0 Å². The smallest absolute Gasteiger partial charge is 0.460 e. The maximum atomic E-state index is 11.8. The van der Waals surface area contributed by atoms with Gasteiger partial charge in [0.05, 0.1) is 13.0 Å². The van der Waals surface area contributed by atoms with E-state index in [4.69, 9.17) is 4.74 Å². The van der Waals surface area contributed by atoms with Gasteiger partial charge in [-0.2, -0.15) is 21.6 Å². The Morgan fingerprint density at radius 3 is 2.00 bits per heavy atom. The Balaban J connectivity index is 4.15. The van der Waals surface area contributed by atoms with Crippen LogP contribution in [0.3, 0.4) is 0 Å². The van der Waals surface area contributed by atoms with Crippen molar-refractivity contribution in [3.63, 3.8) is 0 Å². The lowest BCUT2D eigenvalue weighted by Gasteiger charge is -2.19. The Kier molecular flexibility index (Phi) is 4.96. The molecule has 0 fully saturated rings. The molecule has 0 saturated heterocycles. The predicted octanol–water partition coefficient (Wildman–Crippen LogP) is 1.58. The number of hydrogen-bond acceptors (Lipinski definition) is 5. The highest BCUT2D eigenvalue weighted by molar-refractivity contribution is 7.87. The second-order valence-corrected chi connectivity index (χ2v) is 5.67. The maximum absolute atomic E-state index is 11.8. The van der Waals surface area contributed by atoms with E-state index >= 15 is 0 Å². The lowest BCUT2D eigenvalue weighted by atomic mass is 10.2. The van der Waals surface area contributed by atoms with Gasteiger partial charge in [-0.1, -0.05) is 0 Å². The van der Waals surface area contributed by atoms with Crippen molar-refractivity contribution >= 4 is 16.1 Å². The third-order valence-electron chi connectivity index (χ3n) is 1.25. The van der Waals surface area contributed by atoms with Gasteiger partial charge in [0.2, 0.25) is 0 Å². The van der Waals surface area contributed by atoms with E-state index in [0.29, 0.717) is 0 Å². The maximum Gasteiger partial charge on any atom is 0.523 e. The Morgan fingerprint density at radius 1 is 1.18 bits per heavy atom. The molecule has 0 unspecified atom stereocenters. The average molecular weight is 278 g/mol. The second kappa shape index (κ2) is 5.21. The molecule has 5 nitrogen and oxygen atoms in total. The zero-order valence-corrected chi connectivity index (χ0v) is 10.3. The van der Waals surface area contributed by atoms with E-state index < -0.39 is 40.2 Å². The lowest BCUT2D eigenvalue weighted by Crippen LogP contribution is -2.28. The highest BCUT2D eigenvalue weighted by atomic mass is 32.2. The highest BCUT2D eigenvalue weighted by Crippen LogP contribution is 2.24.